The highest BCUT2D eigenvalue weighted by atomic mass is 16.5. The van der Waals surface area contributed by atoms with Gasteiger partial charge in [-0.15, -0.1) is 10.2 Å². The maximum absolute atomic E-state index is 5.79. The van der Waals surface area contributed by atoms with Crippen molar-refractivity contribution in [3.05, 3.63) is 77.4 Å². The molecule has 0 unspecified atom stereocenters. The standard InChI is InChI=1S/C19H17N5O2/c1-13-18(21-23-24(13)15-9-6-10-16(12-15)25-2)19-22-20-17(26-19)11-14-7-4-3-5-8-14/h3-12,20H,1-2H3. The van der Waals surface area contributed by atoms with E-state index >= 15 is 0 Å². The van der Waals surface area contributed by atoms with Gasteiger partial charge in [-0.25, -0.2) is 10.1 Å². The second-order valence-electron chi connectivity index (χ2n) is 5.69. The zero-order valence-corrected chi connectivity index (χ0v) is 14.4. The molecule has 0 saturated heterocycles. The van der Waals surface area contributed by atoms with Crippen molar-refractivity contribution < 1.29 is 9.47 Å². The van der Waals surface area contributed by atoms with E-state index in [1.807, 2.05) is 67.6 Å². The third-order valence-electron chi connectivity index (χ3n) is 3.97. The predicted octanol–water partition coefficient (Wildman–Crippen LogP) is 2.86. The van der Waals surface area contributed by atoms with Crippen molar-refractivity contribution >= 4 is 12.0 Å². The van der Waals surface area contributed by atoms with Gasteiger partial charge in [0.2, 0.25) is 5.88 Å². The van der Waals surface area contributed by atoms with Gasteiger partial charge in [-0.1, -0.05) is 41.6 Å². The molecule has 0 bridgehead atoms. The van der Waals surface area contributed by atoms with Crippen LogP contribution in [0.3, 0.4) is 0 Å². The van der Waals surface area contributed by atoms with E-state index in [1.165, 1.54) is 0 Å². The van der Waals surface area contributed by atoms with Crippen LogP contribution in [0.4, 0.5) is 0 Å². The number of hydrazone groups is 1. The predicted molar refractivity (Wildman–Crippen MR) is 97.8 cm³/mol. The molecule has 2 heterocycles. The fourth-order valence-electron chi connectivity index (χ4n) is 2.63. The summed E-state index contributed by atoms with van der Waals surface area (Å²) in [6, 6.07) is 17.5. The normalized spacial score (nSPS) is 14.7. The summed E-state index contributed by atoms with van der Waals surface area (Å²) < 4.78 is 12.8. The SMILES string of the molecule is COc1cccc(-n2nnc(C3=NNC(=Cc4ccccc4)O3)c2C)c1. The van der Waals surface area contributed by atoms with Gasteiger partial charge in [-0.05, 0) is 24.6 Å². The summed E-state index contributed by atoms with van der Waals surface area (Å²) in [6.07, 6.45) is 1.87. The molecule has 0 amide bonds. The summed E-state index contributed by atoms with van der Waals surface area (Å²) in [5, 5.41) is 12.7. The second-order valence-corrected chi connectivity index (χ2v) is 5.69. The number of ether oxygens (including phenoxy) is 2. The van der Waals surface area contributed by atoms with Gasteiger partial charge in [0, 0.05) is 12.1 Å². The van der Waals surface area contributed by atoms with Crippen LogP contribution in [0.5, 0.6) is 5.75 Å². The lowest BCUT2D eigenvalue weighted by Crippen LogP contribution is -2.05. The largest absolute Gasteiger partial charge is 0.497 e. The average molecular weight is 347 g/mol. The first-order valence-electron chi connectivity index (χ1n) is 8.10. The molecule has 130 valence electrons. The number of aromatic nitrogens is 3. The van der Waals surface area contributed by atoms with Gasteiger partial charge in [-0.3, -0.25) is 0 Å². The molecular formula is C19H17N5O2. The first-order valence-corrected chi connectivity index (χ1v) is 8.10. The van der Waals surface area contributed by atoms with Crippen molar-refractivity contribution in [3.8, 4) is 11.4 Å². The van der Waals surface area contributed by atoms with Crippen LogP contribution in [0.2, 0.25) is 0 Å². The minimum atomic E-state index is 0.388. The van der Waals surface area contributed by atoms with E-state index in [0.29, 0.717) is 17.5 Å². The van der Waals surface area contributed by atoms with E-state index in [4.69, 9.17) is 9.47 Å². The lowest BCUT2D eigenvalue weighted by Gasteiger charge is -2.06. The molecule has 1 aliphatic heterocycles. The minimum Gasteiger partial charge on any atom is -0.497 e. The van der Waals surface area contributed by atoms with Gasteiger partial charge >= 0.3 is 0 Å². The molecule has 0 aliphatic carbocycles. The molecule has 0 spiro atoms. The fraction of sp³-hybridized carbons (Fsp3) is 0.105. The molecule has 0 radical (unpaired) electrons. The maximum Gasteiger partial charge on any atom is 0.267 e. The number of methoxy groups -OCH3 is 1. The zero-order valence-electron chi connectivity index (χ0n) is 14.4. The first kappa shape index (κ1) is 15.9. The van der Waals surface area contributed by atoms with Crippen LogP contribution in [-0.4, -0.2) is 28.0 Å². The number of benzene rings is 2. The Morgan fingerprint density at radius 3 is 2.77 bits per heavy atom. The summed E-state index contributed by atoms with van der Waals surface area (Å²) >= 11 is 0. The topological polar surface area (TPSA) is 73.6 Å². The Morgan fingerprint density at radius 1 is 1.12 bits per heavy atom. The van der Waals surface area contributed by atoms with Crippen LogP contribution in [0.1, 0.15) is 17.0 Å². The molecule has 2 aromatic carbocycles. The molecule has 4 rings (SSSR count). The Labute approximate surface area is 150 Å². The van der Waals surface area contributed by atoms with Gasteiger partial charge in [0.25, 0.3) is 5.90 Å². The van der Waals surface area contributed by atoms with Crippen LogP contribution < -0.4 is 10.2 Å². The van der Waals surface area contributed by atoms with Crippen LogP contribution in [-0.2, 0) is 4.74 Å². The summed E-state index contributed by atoms with van der Waals surface area (Å²) in [6.45, 7) is 1.92. The van der Waals surface area contributed by atoms with Gasteiger partial charge in [0.05, 0.1) is 18.5 Å². The molecule has 0 atom stereocenters. The van der Waals surface area contributed by atoms with E-state index in [1.54, 1.807) is 11.8 Å². The lowest BCUT2D eigenvalue weighted by molar-refractivity contribution is 0.414. The summed E-state index contributed by atoms with van der Waals surface area (Å²) in [7, 11) is 1.63. The average Bonchev–Trinajstić information content (AvgIpc) is 3.29. The van der Waals surface area contributed by atoms with Crippen LogP contribution in [0.15, 0.2) is 65.6 Å². The molecule has 1 aromatic heterocycles. The number of hydrogen-bond donors (Lipinski definition) is 1. The molecule has 0 saturated carbocycles. The van der Waals surface area contributed by atoms with E-state index in [9.17, 15) is 0 Å². The van der Waals surface area contributed by atoms with Gasteiger partial charge in [0.1, 0.15) is 5.75 Å². The van der Waals surface area contributed by atoms with Crippen LogP contribution >= 0.6 is 0 Å². The summed E-state index contributed by atoms with van der Waals surface area (Å²) in [5.41, 5.74) is 6.15. The zero-order chi connectivity index (χ0) is 17.9. The van der Waals surface area contributed by atoms with Crippen LogP contribution in [0.25, 0.3) is 11.8 Å². The van der Waals surface area contributed by atoms with Gasteiger partial charge in [-0.2, -0.15) is 0 Å². The van der Waals surface area contributed by atoms with Gasteiger partial charge < -0.3 is 9.47 Å². The maximum atomic E-state index is 5.79. The number of nitrogens with one attached hydrogen (secondary N) is 1. The Balaban J connectivity index is 1.58. The van der Waals surface area contributed by atoms with Crippen molar-refractivity contribution in [2.24, 2.45) is 5.10 Å². The second kappa shape index (κ2) is 6.72. The van der Waals surface area contributed by atoms with Crippen LogP contribution in [0, 0.1) is 6.92 Å². The van der Waals surface area contributed by atoms with Crippen molar-refractivity contribution in [2.75, 3.05) is 7.11 Å². The van der Waals surface area contributed by atoms with Crippen molar-refractivity contribution in [2.45, 2.75) is 6.92 Å². The molecule has 1 aliphatic rings. The van der Waals surface area contributed by atoms with Gasteiger partial charge in [0.15, 0.2) is 5.69 Å². The first-order chi connectivity index (χ1) is 12.7. The lowest BCUT2D eigenvalue weighted by atomic mass is 10.2. The molecule has 3 aromatic rings. The third kappa shape index (κ3) is 3.02. The van der Waals surface area contributed by atoms with E-state index in [0.717, 1.165) is 22.7 Å². The highest BCUT2D eigenvalue weighted by Gasteiger charge is 2.22. The van der Waals surface area contributed by atoms with Crippen molar-refractivity contribution in [1.29, 1.82) is 0 Å². The molecule has 7 heteroatoms. The fourth-order valence-corrected chi connectivity index (χ4v) is 2.63. The van der Waals surface area contributed by atoms with E-state index < -0.39 is 0 Å². The Bertz CT molecular complexity index is 992. The number of hydrogen-bond acceptors (Lipinski definition) is 6. The van der Waals surface area contributed by atoms with Crippen molar-refractivity contribution in [3.63, 3.8) is 0 Å². The molecule has 26 heavy (non-hydrogen) atoms. The minimum absolute atomic E-state index is 0.388. The third-order valence-corrected chi connectivity index (χ3v) is 3.97. The Morgan fingerprint density at radius 2 is 1.96 bits per heavy atom. The highest BCUT2D eigenvalue weighted by Crippen LogP contribution is 2.20. The Kier molecular flexibility index (Phi) is 4.10. The number of rotatable bonds is 4. The molecular weight excluding hydrogens is 330 g/mol. The smallest absolute Gasteiger partial charge is 0.267 e. The highest BCUT2D eigenvalue weighted by molar-refractivity contribution is 5.95. The van der Waals surface area contributed by atoms with E-state index in [2.05, 4.69) is 20.8 Å². The molecule has 0 fully saturated rings. The Hall–Kier alpha value is -3.61. The molecule has 1 N–H and O–H groups in total. The quantitative estimate of drug-likeness (QED) is 0.786. The van der Waals surface area contributed by atoms with Crippen molar-refractivity contribution in [1.82, 2.24) is 20.4 Å². The summed E-state index contributed by atoms with van der Waals surface area (Å²) in [4.78, 5) is 0. The monoisotopic (exact) mass is 347 g/mol. The molecule has 7 nitrogen and oxygen atoms in total. The summed E-state index contributed by atoms with van der Waals surface area (Å²) in [5.74, 6) is 1.68. The van der Waals surface area contributed by atoms with E-state index in [-0.39, 0.29) is 0 Å². The number of nitrogens with zero attached hydrogens (tertiary/aromatic N) is 4.